The second kappa shape index (κ2) is 3.38. The van der Waals surface area contributed by atoms with Crippen LogP contribution in [0.1, 0.15) is 24.6 Å². The highest BCUT2D eigenvalue weighted by Gasteiger charge is 2.19. The molecule has 78 valence electrons. The fraction of sp³-hybridized carbons (Fsp3) is 0.385. The SMILES string of the molecule is Cn1c([C@@H]2CCCN2)cc2ccccc21. The molecule has 0 radical (unpaired) electrons. The third-order valence-electron chi connectivity index (χ3n) is 3.41. The number of hydrogen-bond donors (Lipinski definition) is 1. The summed E-state index contributed by atoms with van der Waals surface area (Å²) in [6, 6.07) is 11.5. The fourth-order valence-electron chi connectivity index (χ4n) is 2.58. The summed E-state index contributed by atoms with van der Waals surface area (Å²) in [5, 5.41) is 4.90. The quantitative estimate of drug-likeness (QED) is 0.748. The van der Waals surface area contributed by atoms with Crippen LogP contribution in [0, 0.1) is 0 Å². The van der Waals surface area contributed by atoms with Gasteiger partial charge in [-0.3, -0.25) is 0 Å². The Kier molecular flexibility index (Phi) is 2.03. The minimum absolute atomic E-state index is 0.558. The molecule has 1 aromatic heterocycles. The van der Waals surface area contributed by atoms with Gasteiger partial charge in [-0.15, -0.1) is 0 Å². The minimum atomic E-state index is 0.558. The Hall–Kier alpha value is -1.28. The zero-order chi connectivity index (χ0) is 10.3. The molecule has 0 unspecified atom stereocenters. The van der Waals surface area contributed by atoms with E-state index in [9.17, 15) is 0 Å². The van der Waals surface area contributed by atoms with Gasteiger partial charge in [0.1, 0.15) is 0 Å². The van der Waals surface area contributed by atoms with Crippen LogP contribution in [-0.2, 0) is 7.05 Å². The highest BCUT2D eigenvalue weighted by Crippen LogP contribution is 2.28. The van der Waals surface area contributed by atoms with Crippen molar-refractivity contribution < 1.29 is 0 Å². The van der Waals surface area contributed by atoms with Gasteiger partial charge >= 0.3 is 0 Å². The molecular formula is C13H16N2. The second-order valence-corrected chi connectivity index (χ2v) is 4.34. The molecule has 1 saturated heterocycles. The number of hydrogen-bond acceptors (Lipinski definition) is 1. The first kappa shape index (κ1) is 8.98. The van der Waals surface area contributed by atoms with Crippen LogP contribution < -0.4 is 5.32 Å². The third-order valence-corrected chi connectivity index (χ3v) is 3.41. The van der Waals surface area contributed by atoms with Crippen LogP contribution >= 0.6 is 0 Å². The van der Waals surface area contributed by atoms with Crippen LogP contribution in [0.15, 0.2) is 30.3 Å². The molecule has 0 spiro atoms. The molecule has 1 aromatic carbocycles. The predicted octanol–water partition coefficient (Wildman–Crippen LogP) is 2.60. The summed E-state index contributed by atoms with van der Waals surface area (Å²) in [4.78, 5) is 0. The van der Waals surface area contributed by atoms with Gasteiger partial charge in [0, 0.05) is 24.3 Å². The zero-order valence-corrected chi connectivity index (χ0v) is 9.03. The van der Waals surface area contributed by atoms with Crippen molar-refractivity contribution in [3.8, 4) is 0 Å². The number of para-hydroxylation sites is 1. The average molecular weight is 200 g/mol. The van der Waals surface area contributed by atoms with Crippen LogP contribution in [-0.4, -0.2) is 11.1 Å². The van der Waals surface area contributed by atoms with Crippen molar-refractivity contribution >= 4 is 10.9 Å². The van der Waals surface area contributed by atoms with E-state index in [0.717, 1.165) is 6.54 Å². The van der Waals surface area contributed by atoms with Gasteiger partial charge in [-0.25, -0.2) is 0 Å². The molecule has 1 N–H and O–H groups in total. The zero-order valence-electron chi connectivity index (χ0n) is 9.03. The van der Waals surface area contributed by atoms with E-state index in [1.165, 1.54) is 29.4 Å². The molecule has 2 heteroatoms. The standard InChI is InChI=1S/C13H16N2/c1-15-12-7-3-2-5-10(12)9-13(15)11-6-4-8-14-11/h2-3,5,7,9,11,14H,4,6,8H2,1H3/t11-/m0/s1. The molecule has 0 bridgehead atoms. The summed E-state index contributed by atoms with van der Waals surface area (Å²) in [5.41, 5.74) is 2.76. The highest BCUT2D eigenvalue weighted by atomic mass is 15.0. The Balaban J connectivity index is 2.14. The maximum atomic E-state index is 3.55. The Morgan fingerprint density at radius 2 is 2.20 bits per heavy atom. The van der Waals surface area contributed by atoms with Crippen molar-refractivity contribution in [3.05, 3.63) is 36.0 Å². The topological polar surface area (TPSA) is 17.0 Å². The lowest BCUT2D eigenvalue weighted by Crippen LogP contribution is -2.15. The van der Waals surface area contributed by atoms with Crippen LogP contribution in [0.2, 0.25) is 0 Å². The van der Waals surface area contributed by atoms with Gasteiger partial charge in [0.15, 0.2) is 0 Å². The maximum Gasteiger partial charge on any atom is 0.0480 e. The molecule has 0 aliphatic carbocycles. The van der Waals surface area contributed by atoms with E-state index in [0.29, 0.717) is 6.04 Å². The van der Waals surface area contributed by atoms with Crippen molar-refractivity contribution in [2.45, 2.75) is 18.9 Å². The summed E-state index contributed by atoms with van der Waals surface area (Å²) in [7, 11) is 2.16. The van der Waals surface area contributed by atoms with E-state index in [4.69, 9.17) is 0 Å². The molecule has 2 aromatic rings. The molecule has 2 heterocycles. The summed E-state index contributed by atoms with van der Waals surface area (Å²) in [6.07, 6.45) is 2.57. The van der Waals surface area contributed by atoms with Crippen molar-refractivity contribution in [2.75, 3.05) is 6.54 Å². The molecule has 15 heavy (non-hydrogen) atoms. The van der Waals surface area contributed by atoms with Gasteiger partial charge in [-0.2, -0.15) is 0 Å². The van der Waals surface area contributed by atoms with Gasteiger partial charge in [0.2, 0.25) is 0 Å². The van der Waals surface area contributed by atoms with Crippen molar-refractivity contribution in [3.63, 3.8) is 0 Å². The number of fused-ring (bicyclic) bond motifs is 1. The summed E-state index contributed by atoms with van der Waals surface area (Å²) >= 11 is 0. The largest absolute Gasteiger partial charge is 0.346 e. The molecule has 1 aliphatic heterocycles. The molecule has 1 aliphatic rings. The molecule has 1 fully saturated rings. The Bertz CT molecular complexity index is 478. The van der Waals surface area contributed by atoms with Gasteiger partial charge in [-0.05, 0) is 36.9 Å². The Morgan fingerprint density at radius 1 is 1.33 bits per heavy atom. The van der Waals surface area contributed by atoms with Crippen LogP contribution in [0.25, 0.3) is 10.9 Å². The fourth-order valence-corrected chi connectivity index (χ4v) is 2.58. The lowest BCUT2D eigenvalue weighted by atomic mass is 10.1. The first-order chi connectivity index (χ1) is 7.36. The molecular weight excluding hydrogens is 184 g/mol. The lowest BCUT2D eigenvalue weighted by Gasteiger charge is -2.11. The van der Waals surface area contributed by atoms with E-state index < -0.39 is 0 Å². The number of nitrogens with zero attached hydrogens (tertiary/aromatic N) is 1. The molecule has 3 rings (SSSR count). The monoisotopic (exact) mass is 200 g/mol. The minimum Gasteiger partial charge on any atom is -0.346 e. The number of aryl methyl sites for hydroxylation is 1. The normalized spacial score (nSPS) is 21.3. The smallest absolute Gasteiger partial charge is 0.0480 e. The van der Waals surface area contributed by atoms with Crippen molar-refractivity contribution in [2.24, 2.45) is 7.05 Å². The van der Waals surface area contributed by atoms with E-state index in [1.807, 2.05) is 0 Å². The van der Waals surface area contributed by atoms with Crippen molar-refractivity contribution in [1.82, 2.24) is 9.88 Å². The van der Waals surface area contributed by atoms with Crippen LogP contribution in [0.5, 0.6) is 0 Å². The first-order valence-corrected chi connectivity index (χ1v) is 5.64. The molecule has 0 amide bonds. The van der Waals surface area contributed by atoms with Crippen LogP contribution in [0.4, 0.5) is 0 Å². The first-order valence-electron chi connectivity index (χ1n) is 5.64. The summed E-state index contributed by atoms with van der Waals surface area (Å²) < 4.78 is 2.32. The molecule has 0 saturated carbocycles. The number of benzene rings is 1. The van der Waals surface area contributed by atoms with Crippen molar-refractivity contribution in [1.29, 1.82) is 0 Å². The van der Waals surface area contributed by atoms with Gasteiger partial charge in [0.05, 0.1) is 0 Å². The Morgan fingerprint density at radius 3 is 2.93 bits per heavy atom. The maximum absolute atomic E-state index is 3.55. The van der Waals surface area contributed by atoms with E-state index in [2.05, 4.69) is 47.3 Å². The van der Waals surface area contributed by atoms with E-state index in [1.54, 1.807) is 0 Å². The number of nitrogens with one attached hydrogen (secondary N) is 1. The van der Waals surface area contributed by atoms with Gasteiger partial charge < -0.3 is 9.88 Å². The Labute approximate surface area is 89.9 Å². The molecule has 1 atom stereocenters. The number of aromatic nitrogens is 1. The second-order valence-electron chi connectivity index (χ2n) is 4.34. The average Bonchev–Trinajstić information content (AvgIpc) is 2.87. The molecule has 2 nitrogen and oxygen atoms in total. The predicted molar refractivity (Wildman–Crippen MR) is 62.9 cm³/mol. The van der Waals surface area contributed by atoms with Gasteiger partial charge in [-0.1, -0.05) is 18.2 Å². The summed E-state index contributed by atoms with van der Waals surface area (Å²) in [5.74, 6) is 0. The number of rotatable bonds is 1. The van der Waals surface area contributed by atoms with Crippen LogP contribution in [0.3, 0.4) is 0 Å². The van der Waals surface area contributed by atoms with Gasteiger partial charge in [0.25, 0.3) is 0 Å². The summed E-state index contributed by atoms with van der Waals surface area (Å²) in [6.45, 7) is 1.16. The van der Waals surface area contributed by atoms with E-state index >= 15 is 0 Å². The third kappa shape index (κ3) is 1.37. The van der Waals surface area contributed by atoms with E-state index in [-0.39, 0.29) is 0 Å². The lowest BCUT2D eigenvalue weighted by molar-refractivity contribution is 0.604. The highest BCUT2D eigenvalue weighted by molar-refractivity contribution is 5.81.